The van der Waals surface area contributed by atoms with E-state index in [1.165, 1.54) is 27.8 Å². The molecule has 6 rings (SSSR count). The summed E-state index contributed by atoms with van der Waals surface area (Å²) in [7, 11) is 0. The number of hydrogen-bond acceptors (Lipinski definition) is 1. The molecule has 4 aromatic carbocycles. The molecule has 0 radical (unpaired) electrons. The highest BCUT2D eigenvalue weighted by molar-refractivity contribution is 5.90. The van der Waals surface area contributed by atoms with Crippen LogP contribution in [0.4, 0.5) is 0 Å². The number of rotatable bonds is 3. The van der Waals surface area contributed by atoms with Crippen molar-refractivity contribution in [1.29, 1.82) is 0 Å². The number of aliphatic imine (C=N–C) groups is 1. The topological polar surface area (TPSA) is 12.4 Å². The smallest absolute Gasteiger partial charge is 0.111 e. The highest BCUT2D eigenvalue weighted by Crippen LogP contribution is 2.82. The van der Waals surface area contributed by atoms with E-state index in [1.807, 2.05) is 0 Å². The van der Waals surface area contributed by atoms with Gasteiger partial charge in [0.25, 0.3) is 0 Å². The Morgan fingerprint density at radius 1 is 0.533 bits per heavy atom. The summed E-state index contributed by atoms with van der Waals surface area (Å²) < 4.78 is 0. The van der Waals surface area contributed by atoms with Crippen LogP contribution in [0.15, 0.2) is 120 Å². The monoisotopic (exact) mass is 385 g/mol. The van der Waals surface area contributed by atoms with Gasteiger partial charge in [0.15, 0.2) is 0 Å². The van der Waals surface area contributed by atoms with Crippen LogP contribution < -0.4 is 0 Å². The van der Waals surface area contributed by atoms with Crippen molar-refractivity contribution >= 4 is 6.21 Å². The molecule has 1 nitrogen and oxygen atoms in total. The van der Waals surface area contributed by atoms with E-state index >= 15 is 0 Å². The average molecular weight is 386 g/mol. The van der Waals surface area contributed by atoms with Gasteiger partial charge in [-0.2, -0.15) is 0 Å². The highest BCUT2D eigenvalue weighted by Gasteiger charge is 2.88. The standard InChI is InChI=1S/C29H23N/c1-27-26-20-12-11-13-22(26)21-30-29(27,25-18-9-4-10-19-25)28(27,23-14-5-2-6-15-23)24-16-7-3-8-17-24/h2-21H,1H3/t27-,29-/m0/s1. The van der Waals surface area contributed by atoms with Gasteiger partial charge in [-0.15, -0.1) is 0 Å². The van der Waals surface area contributed by atoms with Crippen molar-refractivity contribution in [3.63, 3.8) is 0 Å². The molecule has 1 aliphatic carbocycles. The highest BCUT2D eigenvalue weighted by atomic mass is 15.1. The first kappa shape index (κ1) is 17.4. The lowest BCUT2D eigenvalue weighted by molar-refractivity contribution is 0.588. The number of benzene rings is 4. The Morgan fingerprint density at radius 3 is 1.57 bits per heavy atom. The minimum Gasteiger partial charge on any atom is -0.279 e. The van der Waals surface area contributed by atoms with Gasteiger partial charge in [-0.1, -0.05) is 122 Å². The molecule has 1 aliphatic heterocycles. The van der Waals surface area contributed by atoms with Crippen molar-refractivity contribution in [2.45, 2.75) is 23.3 Å². The Balaban J connectivity index is 1.78. The zero-order chi connectivity index (χ0) is 20.2. The first-order valence-corrected chi connectivity index (χ1v) is 10.6. The molecule has 0 amide bonds. The van der Waals surface area contributed by atoms with Crippen molar-refractivity contribution < 1.29 is 0 Å². The van der Waals surface area contributed by atoms with Crippen LogP contribution in [0.25, 0.3) is 0 Å². The maximum Gasteiger partial charge on any atom is 0.111 e. The second-order valence-electron chi connectivity index (χ2n) is 8.53. The summed E-state index contributed by atoms with van der Waals surface area (Å²) in [6.07, 6.45) is 2.09. The Kier molecular flexibility index (Phi) is 3.50. The van der Waals surface area contributed by atoms with E-state index in [4.69, 9.17) is 4.99 Å². The molecule has 2 atom stereocenters. The fourth-order valence-electron chi connectivity index (χ4n) is 6.35. The molecule has 1 heteroatoms. The normalized spacial score (nSPS) is 25.2. The van der Waals surface area contributed by atoms with Crippen molar-refractivity contribution in [3.8, 4) is 0 Å². The minimum absolute atomic E-state index is 0.199. The van der Waals surface area contributed by atoms with Crippen molar-refractivity contribution in [3.05, 3.63) is 143 Å². The Hall–Kier alpha value is -3.45. The van der Waals surface area contributed by atoms with E-state index in [-0.39, 0.29) is 10.8 Å². The first-order chi connectivity index (χ1) is 14.8. The van der Waals surface area contributed by atoms with E-state index < -0.39 is 5.54 Å². The van der Waals surface area contributed by atoms with Crippen LogP contribution >= 0.6 is 0 Å². The zero-order valence-electron chi connectivity index (χ0n) is 17.0. The van der Waals surface area contributed by atoms with Gasteiger partial charge in [-0.3, -0.25) is 4.99 Å². The average Bonchev–Trinajstić information content (AvgIpc) is 3.37. The SMILES string of the molecule is C[C@@]12c3ccccc3C=N[C@]1(c1ccccc1)C2(c1ccccc1)c1ccccc1. The molecule has 2 aliphatic rings. The van der Waals surface area contributed by atoms with Gasteiger partial charge in [0.2, 0.25) is 0 Å². The van der Waals surface area contributed by atoms with Crippen molar-refractivity contribution in [2.24, 2.45) is 4.99 Å². The predicted molar refractivity (Wildman–Crippen MR) is 123 cm³/mol. The first-order valence-electron chi connectivity index (χ1n) is 10.6. The molecule has 0 unspecified atom stereocenters. The largest absolute Gasteiger partial charge is 0.279 e. The molecule has 0 bridgehead atoms. The molecule has 1 heterocycles. The molecular weight excluding hydrogens is 362 g/mol. The second-order valence-corrected chi connectivity index (χ2v) is 8.53. The summed E-state index contributed by atoms with van der Waals surface area (Å²) in [5, 5.41) is 0. The zero-order valence-corrected chi connectivity index (χ0v) is 17.0. The summed E-state index contributed by atoms with van der Waals surface area (Å²) in [5.74, 6) is 0. The number of nitrogens with zero attached hydrogens (tertiary/aromatic N) is 1. The molecule has 4 aromatic rings. The summed E-state index contributed by atoms with van der Waals surface area (Å²) in [5.41, 5.74) is 5.62. The van der Waals surface area contributed by atoms with Crippen LogP contribution in [0, 0.1) is 0 Å². The Labute approximate surface area is 177 Å². The van der Waals surface area contributed by atoms with Gasteiger partial charge in [-0.05, 0) is 27.8 Å². The van der Waals surface area contributed by atoms with Crippen LogP contribution in [-0.4, -0.2) is 6.21 Å². The van der Waals surface area contributed by atoms with E-state index in [0.29, 0.717) is 0 Å². The van der Waals surface area contributed by atoms with E-state index in [1.54, 1.807) is 0 Å². The van der Waals surface area contributed by atoms with Crippen LogP contribution in [0.1, 0.15) is 34.7 Å². The Morgan fingerprint density at radius 2 is 1.00 bits per heavy atom. The third-order valence-corrected chi connectivity index (χ3v) is 7.46. The molecule has 0 spiro atoms. The third-order valence-electron chi connectivity index (χ3n) is 7.46. The van der Waals surface area contributed by atoms with Crippen LogP contribution in [0.5, 0.6) is 0 Å². The summed E-state index contributed by atoms with van der Waals surface area (Å²) in [4.78, 5) is 5.40. The maximum absolute atomic E-state index is 5.40. The van der Waals surface area contributed by atoms with E-state index in [9.17, 15) is 0 Å². The maximum atomic E-state index is 5.40. The molecule has 0 N–H and O–H groups in total. The van der Waals surface area contributed by atoms with Crippen molar-refractivity contribution in [2.75, 3.05) is 0 Å². The molecule has 1 fully saturated rings. The lowest BCUT2D eigenvalue weighted by Gasteiger charge is -2.25. The molecule has 0 saturated heterocycles. The predicted octanol–water partition coefficient (Wildman–Crippen LogP) is 6.27. The molecular formula is C29H23N. The summed E-state index contributed by atoms with van der Waals surface area (Å²) >= 11 is 0. The molecule has 30 heavy (non-hydrogen) atoms. The lowest BCUT2D eigenvalue weighted by Crippen LogP contribution is -2.23. The van der Waals surface area contributed by atoms with Crippen LogP contribution in [0.2, 0.25) is 0 Å². The van der Waals surface area contributed by atoms with Crippen molar-refractivity contribution in [1.82, 2.24) is 0 Å². The van der Waals surface area contributed by atoms with Gasteiger partial charge < -0.3 is 0 Å². The fourth-order valence-corrected chi connectivity index (χ4v) is 6.35. The van der Waals surface area contributed by atoms with Gasteiger partial charge in [0.05, 0.1) is 5.41 Å². The molecule has 144 valence electrons. The van der Waals surface area contributed by atoms with Gasteiger partial charge in [0.1, 0.15) is 5.54 Å². The van der Waals surface area contributed by atoms with Crippen LogP contribution in [-0.2, 0) is 16.4 Å². The summed E-state index contributed by atoms with van der Waals surface area (Å²) in [6, 6.07) is 41.6. The van der Waals surface area contributed by atoms with Gasteiger partial charge in [-0.25, -0.2) is 0 Å². The van der Waals surface area contributed by atoms with Gasteiger partial charge in [0, 0.05) is 11.6 Å². The Bertz CT molecular complexity index is 1200. The quantitative estimate of drug-likeness (QED) is 0.394. The van der Waals surface area contributed by atoms with Crippen LogP contribution in [0.3, 0.4) is 0 Å². The van der Waals surface area contributed by atoms with E-state index in [2.05, 4.69) is 128 Å². The third kappa shape index (κ3) is 1.82. The molecule has 1 saturated carbocycles. The molecule has 0 aromatic heterocycles. The summed E-state index contributed by atoms with van der Waals surface area (Å²) in [6.45, 7) is 2.41. The van der Waals surface area contributed by atoms with E-state index in [0.717, 1.165) is 0 Å². The second kappa shape index (κ2) is 6.03. The minimum atomic E-state index is -0.391. The number of hydrogen-bond donors (Lipinski definition) is 0. The lowest BCUT2D eigenvalue weighted by atomic mass is 9.77. The fraction of sp³-hybridized carbons (Fsp3) is 0.138. The number of fused-ring (bicyclic) bond motifs is 3. The van der Waals surface area contributed by atoms with Gasteiger partial charge >= 0.3 is 0 Å².